The van der Waals surface area contributed by atoms with Gasteiger partial charge >= 0.3 is 6.09 Å². The number of carboxylic acid groups (broad SMARTS) is 1. The fourth-order valence-corrected chi connectivity index (χ4v) is 3.13. The number of nitrogens with zero attached hydrogens (tertiary/aromatic N) is 2. The van der Waals surface area contributed by atoms with Crippen molar-refractivity contribution in [3.8, 4) is 0 Å². The smallest absolute Gasteiger partial charge is 0.405 e. The lowest BCUT2D eigenvalue weighted by atomic mass is 9.86. The molecule has 1 aliphatic carbocycles. The van der Waals surface area contributed by atoms with Crippen molar-refractivity contribution in [2.45, 2.75) is 30.9 Å². The van der Waals surface area contributed by atoms with Gasteiger partial charge < -0.3 is 15.5 Å². The highest BCUT2D eigenvalue weighted by Gasteiger charge is 2.36. The Labute approximate surface area is 136 Å². The van der Waals surface area contributed by atoms with Crippen molar-refractivity contribution in [1.82, 2.24) is 15.3 Å². The van der Waals surface area contributed by atoms with Crippen LogP contribution < -0.4 is 5.32 Å². The number of amides is 1. The summed E-state index contributed by atoms with van der Waals surface area (Å²) in [5, 5.41) is 21.7. The van der Waals surface area contributed by atoms with Gasteiger partial charge in [-0.05, 0) is 24.5 Å². The Morgan fingerprint density at radius 1 is 1.17 bits per heavy atom. The number of aliphatic hydroxyl groups excluding tert-OH is 1. The first-order valence-electron chi connectivity index (χ1n) is 7.41. The number of carbonyl (C=O) groups is 1. The average Bonchev–Trinajstić information content (AvgIpc) is 2.69. The van der Waals surface area contributed by atoms with Crippen LogP contribution in [-0.2, 0) is 0 Å². The largest absolute Gasteiger partial charge is 0.465 e. The summed E-state index contributed by atoms with van der Waals surface area (Å²) >= 11 is 0. The maximum Gasteiger partial charge on any atom is 0.405 e. The van der Waals surface area contributed by atoms with Gasteiger partial charge in [0.05, 0.1) is 23.5 Å². The van der Waals surface area contributed by atoms with E-state index in [2.05, 4.69) is 15.3 Å². The molecule has 0 spiro atoms. The fraction of sp³-hybridized carbons (Fsp3) is 0.312. The van der Waals surface area contributed by atoms with Crippen molar-refractivity contribution in [2.75, 3.05) is 0 Å². The third-order valence-electron chi connectivity index (χ3n) is 4.18. The van der Waals surface area contributed by atoms with Crippen molar-refractivity contribution in [3.05, 3.63) is 59.2 Å². The monoisotopic (exact) mass is 335 g/mol. The topological polar surface area (TPSA) is 95.3 Å². The zero-order chi connectivity index (χ0) is 17.3. The number of halogens is 2. The number of hydrogen-bond acceptors (Lipinski definition) is 4. The molecule has 126 valence electrons. The molecule has 0 fully saturated rings. The summed E-state index contributed by atoms with van der Waals surface area (Å²) in [6, 6.07) is 2.83. The first-order valence-corrected chi connectivity index (χ1v) is 7.41. The van der Waals surface area contributed by atoms with Gasteiger partial charge in [0.1, 0.15) is 0 Å². The van der Waals surface area contributed by atoms with Crippen LogP contribution >= 0.6 is 0 Å². The molecule has 1 heterocycles. The summed E-state index contributed by atoms with van der Waals surface area (Å²) in [7, 11) is 0. The molecule has 1 aromatic carbocycles. The molecule has 2 aromatic rings. The van der Waals surface area contributed by atoms with E-state index in [0.717, 1.165) is 6.07 Å². The van der Waals surface area contributed by atoms with Gasteiger partial charge in [-0.2, -0.15) is 0 Å². The molecule has 1 aliphatic rings. The standard InChI is InChI=1S/C16H15F2N3O3/c17-10-3-1-2-8(12(10)18)9-4-5-11(22)14-15(20-7-6-19-14)13(9)21-16(23)24/h1-3,6-7,9,11,13,21-22H,4-5H2,(H,23,24)/t9-,11-,13+/m1/s1. The number of rotatable bonds is 2. The van der Waals surface area contributed by atoms with E-state index >= 15 is 0 Å². The van der Waals surface area contributed by atoms with Gasteiger partial charge in [-0.25, -0.2) is 13.6 Å². The fourth-order valence-electron chi connectivity index (χ4n) is 3.13. The van der Waals surface area contributed by atoms with Crippen molar-refractivity contribution in [3.63, 3.8) is 0 Å². The number of hydrogen-bond donors (Lipinski definition) is 3. The van der Waals surface area contributed by atoms with E-state index in [1.165, 1.54) is 24.5 Å². The van der Waals surface area contributed by atoms with E-state index in [0.29, 0.717) is 0 Å². The molecule has 3 N–H and O–H groups in total. The number of fused-ring (bicyclic) bond motifs is 1. The molecule has 3 atom stereocenters. The molecule has 8 heteroatoms. The molecule has 0 saturated heterocycles. The molecule has 1 amide bonds. The Morgan fingerprint density at radius 3 is 2.58 bits per heavy atom. The lowest BCUT2D eigenvalue weighted by Crippen LogP contribution is -2.32. The minimum absolute atomic E-state index is 0.0412. The lowest BCUT2D eigenvalue weighted by Gasteiger charge is -2.26. The van der Waals surface area contributed by atoms with Crippen LogP contribution in [0.1, 0.15) is 47.9 Å². The Balaban J connectivity index is 2.14. The molecule has 6 nitrogen and oxygen atoms in total. The molecule has 1 aromatic heterocycles. The maximum absolute atomic E-state index is 14.3. The maximum atomic E-state index is 14.3. The Kier molecular flexibility index (Phi) is 4.39. The third-order valence-corrected chi connectivity index (χ3v) is 4.18. The minimum Gasteiger partial charge on any atom is -0.465 e. The van der Waals surface area contributed by atoms with Gasteiger partial charge in [0.15, 0.2) is 11.6 Å². The molecular formula is C16H15F2N3O3. The van der Waals surface area contributed by atoms with Crippen molar-refractivity contribution >= 4 is 6.09 Å². The number of aromatic nitrogens is 2. The minimum atomic E-state index is -1.32. The quantitative estimate of drug-likeness (QED) is 0.734. The summed E-state index contributed by atoms with van der Waals surface area (Å²) in [5.41, 5.74) is 0.508. The summed E-state index contributed by atoms with van der Waals surface area (Å²) < 4.78 is 27.9. The van der Waals surface area contributed by atoms with Crippen LogP contribution in [0.4, 0.5) is 13.6 Å². The molecule has 24 heavy (non-hydrogen) atoms. The van der Waals surface area contributed by atoms with Crippen molar-refractivity contribution in [1.29, 1.82) is 0 Å². The van der Waals surface area contributed by atoms with Crippen molar-refractivity contribution < 1.29 is 23.8 Å². The summed E-state index contributed by atoms with van der Waals surface area (Å²) in [4.78, 5) is 19.4. The van der Waals surface area contributed by atoms with Gasteiger partial charge in [0, 0.05) is 18.3 Å². The SMILES string of the molecule is O=C(O)N[C@@H]1c2nccnc2[C@H](O)CC[C@@H]1c1cccc(F)c1F. The van der Waals surface area contributed by atoms with E-state index in [1.807, 2.05) is 0 Å². The normalized spacial score (nSPS) is 23.2. The predicted molar refractivity (Wildman–Crippen MR) is 79.2 cm³/mol. The predicted octanol–water partition coefficient (Wildman–Crippen LogP) is 2.67. The zero-order valence-electron chi connectivity index (χ0n) is 12.5. The number of nitrogens with one attached hydrogen (secondary N) is 1. The molecular weight excluding hydrogens is 320 g/mol. The Morgan fingerprint density at radius 2 is 1.88 bits per heavy atom. The molecule has 0 aliphatic heterocycles. The van der Waals surface area contributed by atoms with Gasteiger partial charge in [-0.3, -0.25) is 9.97 Å². The van der Waals surface area contributed by atoms with Crippen LogP contribution in [0.5, 0.6) is 0 Å². The molecule has 0 radical (unpaired) electrons. The van der Waals surface area contributed by atoms with Crippen LogP contribution in [0.3, 0.4) is 0 Å². The van der Waals surface area contributed by atoms with E-state index in [1.54, 1.807) is 0 Å². The van der Waals surface area contributed by atoms with Crippen molar-refractivity contribution in [2.24, 2.45) is 0 Å². The second-order valence-corrected chi connectivity index (χ2v) is 5.60. The van der Waals surface area contributed by atoms with E-state index in [4.69, 9.17) is 5.11 Å². The molecule has 0 saturated carbocycles. The van der Waals surface area contributed by atoms with E-state index < -0.39 is 35.8 Å². The van der Waals surface area contributed by atoms with Gasteiger partial charge in [-0.15, -0.1) is 0 Å². The highest BCUT2D eigenvalue weighted by molar-refractivity contribution is 5.65. The summed E-state index contributed by atoms with van der Waals surface area (Å²) in [6.45, 7) is 0. The number of aliphatic hydroxyl groups is 1. The first-order chi connectivity index (χ1) is 11.5. The highest BCUT2D eigenvalue weighted by Crippen LogP contribution is 2.42. The number of benzene rings is 1. The van der Waals surface area contributed by atoms with Crippen LogP contribution in [0.25, 0.3) is 0 Å². The summed E-state index contributed by atoms with van der Waals surface area (Å²) in [6.07, 6.45) is 0.951. The van der Waals surface area contributed by atoms with Gasteiger partial charge in [-0.1, -0.05) is 12.1 Å². The summed E-state index contributed by atoms with van der Waals surface area (Å²) in [5.74, 6) is -2.75. The molecule has 3 rings (SSSR count). The molecule has 0 bridgehead atoms. The van der Waals surface area contributed by atoms with Crippen LogP contribution in [-0.4, -0.2) is 26.3 Å². The second-order valence-electron chi connectivity index (χ2n) is 5.60. The molecule has 0 unspecified atom stereocenters. The zero-order valence-corrected chi connectivity index (χ0v) is 12.5. The first kappa shape index (κ1) is 16.3. The van der Waals surface area contributed by atoms with Crippen LogP contribution in [0.15, 0.2) is 30.6 Å². The van der Waals surface area contributed by atoms with Crippen LogP contribution in [0.2, 0.25) is 0 Å². The highest BCUT2D eigenvalue weighted by atomic mass is 19.2. The van der Waals surface area contributed by atoms with Gasteiger partial charge in [0.2, 0.25) is 0 Å². The third kappa shape index (κ3) is 2.92. The Hall–Kier alpha value is -2.61. The average molecular weight is 335 g/mol. The van der Waals surface area contributed by atoms with E-state index in [9.17, 15) is 18.7 Å². The van der Waals surface area contributed by atoms with E-state index in [-0.39, 0.29) is 29.8 Å². The van der Waals surface area contributed by atoms with Gasteiger partial charge in [0.25, 0.3) is 0 Å². The lowest BCUT2D eigenvalue weighted by molar-refractivity contribution is 0.159. The second kappa shape index (κ2) is 6.48. The van der Waals surface area contributed by atoms with Crippen LogP contribution in [0, 0.1) is 11.6 Å². The Bertz CT molecular complexity index is 772.